The molecule has 2 atom stereocenters. The van der Waals surface area contributed by atoms with Crippen molar-refractivity contribution < 1.29 is 14.3 Å². The molecule has 2 unspecified atom stereocenters. The van der Waals surface area contributed by atoms with Crippen molar-refractivity contribution in [1.29, 1.82) is 0 Å². The molecule has 0 aromatic heterocycles. The summed E-state index contributed by atoms with van der Waals surface area (Å²) in [6, 6.07) is 9.35. The average molecular weight is 250 g/mol. The molecule has 0 aliphatic rings. The summed E-state index contributed by atoms with van der Waals surface area (Å²) in [5.41, 5.74) is 0. The number of carbonyl (C=O) groups is 1. The summed E-state index contributed by atoms with van der Waals surface area (Å²) in [5.74, 6) is 0.474. The quantitative estimate of drug-likeness (QED) is 0.726. The van der Waals surface area contributed by atoms with Crippen LogP contribution in [0.1, 0.15) is 34.1 Å². The maximum atomic E-state index is 12.0. The minimum absolute atomic E-state index is 0.0711. The molecule has 3 nitrogen and oxygen atoms in total. The Morgan fingerprint density at radius 2 is 1.78 bits per heavy atom. The monoisotopic (exact) mass is 250 g/mol. The van der Waals surface area contributed by atoms with Gasteiger partial charge in [-0.3, -0.25) is 0 Å². The van der Waals surface area contributed by atoms with Crippen molar-refractivity contribution in [3.05, 3.63) is 30.3 Å². The van der Waals surface area contributed by atoms with E-state index in [-0.39, 0.29) is 18.0 Å². The van der Waals surface area contributed by atoms with E-state index in [0.29, 0.717) is 5.75 Å². The van der Waals surface area contributed by atoms with Gasteiger partial charge in [-0.15, -0.1) is 0 Å². The lowest BCUT2D eigenvalue weighted by Crippen LogP contribution is -2.36. The Hall–Kier alpha value is -1.51. The highest BCUT2D eigenvalue weighted by molar-refractivity contribution is 5.75. The van der Waals surface area contributed by atoms with E-state index in [1.807, 2.05) is 58.0 Å². The average Bonchev–Trinajstić information content (AvgIpc) is 2.36. The highest BCUT2D eigenvalue weighted by atomic mass is 16.6. The topological polar surface area (TPSA) is 35.5 Å². The van der Waals surface area contributed by atoms with Crippen molar-refractivity contribution in [1.82, 2.24) is 0 Å². The number of rotatable bonds is 6. The van der Waals surface area contributed by atoms with Gasteiger partial charge in [0.2, 0.25) is 0 Å². The zero-order chi connectivity index (χ0) is 13.5. The largest absolute Gasteiger partial charge is 0.478 e. The molecule has 0 amide bonds. The number of hydrogen-bond donors (Lipinski definition) is 0. The number of ether oxygens (including phenoxy) is 2. The standard InChI is InChI=1S/C15H22O3/c1-5-12(4)17-15(16)14(11(2)3)18-13-9-7-6-8-10-13/h6-12,14H,5H2,1-4H3. The summed E-state index contributed by atoms with van der Waals surface area (Å²) < 4.78 is 11.0. The molecule has 18 heavy (non-hydrogen) atoms. The van der Waals surface area contributed by atoms with Gasteiger partial charge in [0.25, 0.3) is 0 Å². The Labute approximate surface area is 109 Å². The third-order valence-corrected chi connectivity index (χ3v) is 2.74. The van der Waals surface area contributed by atoms with E-state index in [0.717, 1.165) is 6.42 Å². The van der Waals surface area contributed by atoms with Gasteiger partial charge in [-0.25, -0.2) is 4.79 Å². The fourth-order valence-corrected chi connectivity index (χ4v) is 1.45. The predicted molar refractivity (Wildman–Crippen MR) is 71.5 cm³/mol. The van der Waals surface area contributed by atoms with Crippen LogP contribution in [0.4, 0.5) is 0 Å². The van der Waals surface area contributed by atoms with Crippen molar-refractivity contribution in [2.24, 2.45) is 5.92 Å². The van der Waals surface area contributed by atoms with E-state index in [2.05, 4.69) is 0 Å². The molecule has 0 radical (unpaired) electrons. The molecular formula is C15H22O3. The van der Waals surface area contributed by atoms with E-state index < -0.39 is 6.10 Å². The van der Waals surface area contributed by atoms with Gasteiger partial charge < -0.3 is 9.47 Å². The molecule has 1 aromatic rings. The fourth-order valence-electron chi connectivity index (χ4n) is 1.45. The smallest absolute Gasteiger partial charge is 0.347 e. The van der Waals surface area contributed by atoms with Crippen molar-refractivity contribution >= 4 is 5.97 Å². The maximum absolute atomic E-state index is 12.0. The maximum Gasteiger partial charge on any atom is 0.347 e. The summed E-state index contributed by atoms with van der Waals surface area (Å²) >= 11 is 0. The molecule has 0 aliphatic carbocycles. The van der Waals surface area contributed by atoms with Gasteiger partial charge in [-0.1, -0.05) is 39.0 Å². The van der Waals surface area contributed by atoms with Gasteiger partial charge in [0.05, 0.1) is 6.10 Å². The van der Waals surface area contributed by atoms with E-state index in [1.54, 1.807) is 0 Å². The van der Waals surface area contributed by atoms with Crippen molar-refractivity contribution in [3.8, 4) is 5.75 Å². The van der Waals surface area contributed by atoms with Crippen LogP contribution >= 0.6 is 0 Å². The van der Waals surface area contributed by atoms with Gasteiger partial charge in [-0.2, -0.15) is 0 Å². The highest BCUT2D eigenvalue weighted by Gasteiger charge is 2.27. The predicted octanol–water partition coefficient (Wildman–Crippen LogP) is 3.43. The Morgan fingerprint density at radius 1 is 1.17 bits per heavy atom. The minimum atomic E-state index is -0.554. The molecular weight excluding hydrogens is 228 g/mol. The number of benzene rings is 1. The number of hydrogen-bond acceptors (Lipinski definition) is 3. The van der Waals surface area contributed by atoms with Crippen LogP contribution in [0.2, 0.25) is 0 Å². The van der Waals surface area contributed by atoms with Crippen LogP contribution < -0.4 is 4.74 Å². The fraction of sp³-hybridized carbons (Fsp3) is 0.533. The second-order valence-electron chi connectivity index (χ2n) is 4.75. The summed E-state index contributed by atoms with van der Waals surface area (Å²) in [7, 11) is 0. The Balaban J connectivity index is 2.68. The first-order valence-electron chi connectivity index (χ1n) is 6.46. The van der Waals surface area contributed by atoms with Crippen LogP contribution in [-0.2, 0) is 9.53 Å². The van der Waals surface area contributed by atoms with E-state index in [9.17, 15) is 4.79 Å². The van der Waals surface area contributed by atoms with Crippen LogP contribution in [0.5, 0.6) is 5.75 Å². The van der Waals surface area contributed by atoms with Crippen LogP contribution in [0.15, 0.2) is 30.3 Å². The Morgan fingerprint density at radius 3 is 2.28 bits per heavy atom. The SMILES string of the molecule is CCC(C)OC(=O)C(Oc1ccccc1)C(C)C. The van der Waals surface area contributed by atoms with E-state index in [1.165, 1.54) is 0 Å². The highest BCUT2D eigenvalue weighted by Crippen LogP contribution is 2.17. The Bertz CT molecular complexity index is 359. The molecule has 0 fully saturated rings. The molecule has 0 heterocycles. The molecule has 0 aliphatic heterocycles. The number of carbonyl (C=O) groups excluding carboxylic acids is 1. The summed E-state index contributed by atoms with van der Waals surface area (Å²) in [4.78, 5) is 12.0. The van der Waals surface area contributed by atoms with Crippen molar-refractivity contribution in [3.63, 3.8) is 0 Å². The second-order valence-corrected chi connectivity index (χ2v) is 4.75. The molecule has 0 spiro atoms. The van der Waals surface area contributed by atoms with Crippen LogP contribution in [0.3, 0.4) is 0 Å². The first-order chi connectivity index (χ1) is 8.54. The molecule has 0 N–H and O–H groups in total. The normalized spacial score (nSPS) is 14.1. The zero-order valence-electron chi connectivity index (χ0n) is 11.6. The van der Waals surface area contributed by atoms with Crippen LogP contribution in [0, 0.1) is 5.92 Å². The van der Waals surface area contributed by atoms with Crippen molar-refractivity contribution in [2.75, 3.05) is 0 Å². The molecule has 0 saturated carbocycles. The third-order valence-electron chi connectivity index (χ3n) is 2.74. The second kappa shape index (κ2) is 7.04. The van der Waals surface area contributed by atoms with Gasteiger partial charge in [-0.05, 0) is 25.5 Å². The molecule has 0 saturated heterocycles. The van der Waals surface area contributed by atoms with Crippen molar-refractivity contribution in [2.45, 2.75) is 46.3 Å². The lowest BCUT2D eigenvalue weighted by atomic mass is 10.1. The first kappa shape index (κ1) is 14.6. The first-order valence-corrected chi connectivity index (χ1v) is 6.46. The molecule has 0 bridgehead atoms. The summed E-state index contributed by atoms with van der Waals surface area (Å²) in [6.07, 6.45) is 0.182. The minimum Gasteiger partial charge on any atom is -0.478 e. The summed E-state index contributed by atoms with van der Waals surface area (Å²) in [6.45, 7) is 7.77. The van der Waals surface area contributed by atoms with Crippen LogP contribution in [0.25, 0.3) is 0 Å². The van der Waals surface area contributed by atoms with Crippen LogP contribution in [-0.4, -0.2) is 18.2 Å². The molecule has 1 aromatic carbocycles. The van der Waals surface area contributed by atoms with Gasteiger partial charge in [0, 0.05) is 5.92 Å². The van der Waals surface area contributed by atoms with Gasteiger partial charge in [0.1, 0.15) is 5.75 Å². The van der Waals surface area contributed by atoms with E-state index >= 15 is 0 Å². The number of esters is 1. The molecule has 1 rings (SSSR count). The third kappa shape index (κ3) is 4.40. The zero-order valence-corrected chi connectivity index (χ0v) is 11.6. The summed E-state index contributed by atoms with van der Waals surface area (Å²) in [5, 5.41) is 0. The van der Waals surface area contributed by atoms with Gasteiger partial charge >= 0.3 is 5.97 Å². The molecule has 3 heteroatoms. The van der Waals surface area contributed by atoms with Gasteiger partial charge in [0.15, 0.2) is 6.10 Å². The van der Waals surface area contributed by atoms with E-state index in [4.69, 9.17) is 9.47 Å². The Kier molecular flexibility index (Phi) is 5.69. The lowest BCUT2D eigenvalue weighted by Gasteiger charge is -2.22. The lowest BCUT2D eigenvalue weighted by molar-refractivity contribution is -0.158. The number of para-hydroxylation sites is 1. The molecule has 100 valence electrons.